The van der Waals surface area contributed by atoms with Gasteiger partial charge in [0.1, 0.15) is 11.0 Å². The minimum Gasteiger partial charge on any atom is -0.336 e. The Morgan fingerprint density at radius 3 is 1.03 bits per heavy atom. The average molecular weight is 929 g/mol. The van der Waals surface area contributed by atoms with Crippen molar-refractivity contribution in [2.24, 2.45) is 24.1 Å². The van der Waals surface area contributed by atoms with E-state index in [-0.39, 0.29) is 21.6 Å². The zero-order chi connectivity index (χ0) is 48.0. The van der Waals surface area contributed by atoms with Gasteiger partial charge >= 0.3 is 0 Å². The third-order valence-corrected chi connectivity index (χ3v) is 11.0. The predicted molar refractivity (Wildman–Crippen MR) is 248 cm³/mol. The first-order valence-electron chi connectivity index (χ1n) is 19.7. The van der Waals surface area contributed by atoms with E-state index in [2.05, 4.69) is 20.6 Å². The zero-order valence-electron chi connectivity index (χ0n) is 35.9. The molecule has 66 heavy (non-hydrogen) atoms. The first-order valence-corrected chi connectivity index (χ1v) is 22.6. The van der Waals surface area contributed by atoms with Crippen LogP contribution in [0.25, 0.3) is 0 Å². The Bertz CT molecular complexity index is 3000. The van der Waals surface area contributed by atoms with Gasteiger partial charge in [-0.2, -0.15) is 26.8 Å². The molecular formula is C48H44N6O10S2. The van der Waals surface area contributed by atoms with Crippen molar-refractivity contribution in [3.05, 3.63) is 214 Å². The zero-order valence-corrected chi connectivity index (χ0v) is 37.6. The van der Waals surface area contributed by atoms with E-state index in [1.165, 1.54) is 24.3 Å². The van der Waals surface area contributed by atoms with Crippen LogP contribution in [0.1, 0.15) is 52.6 Å². The number of rotatable bonds is 8. The maximum atomic E-state index is 12.8. The van der Waals surface area contributed by atoms with Gasteiger partial charge in [0, 0.05) is 60.1 Å². The lowest BCUT2D eigenvalue weighted by atomic mass is 10.1. The molecule has 0 aliphatic heterocycles. The van der Waals surface area contributed by atoms with Crippen molar-refractivity contribution in [2.45, 2.75) is 23.6 Å². The molecule has 0 atom stereocenters. The number of hydrogen-bond donors (Lipinski definition) is 4. The molecule has 4 amide bonds. The van der Waals surface area contributed by atoms with Gasteiger partial charge in [-0.15, -0.1) is 0 Å². The van der Waals surface area contributed by atoms with E-state index in [0.29, 0.717) is 44.6 Å². The fourth-order valence-electron chi connectivity index (χ4n) is 5.59. The average Bonchev–Trinajstić information content (AvgIpc) is 3.28. The molecule has 4 N–H and O–H groups in total. The Morgan fingerprint density at radius 1 is 0.439 bits per heavy atom. The van der Waals surface area contributed by atoms with Crippen LogP contribution in [0, 0.1) is 13.8 Å². The predicted octanol–water partition coefficient (Wildman–Crippen LogP) is 6.83. The Morgan fingerprint density at radius 2 is 0.742 bits per heavy atom. The lowest BCUT2D eigenvalue weighted by molar-refractivity contribution is 0.0989. The quantitative estimate of drug-likeness (QED) is 0.116. The minimum atomic E-state index is -4.02. The topological polar surface area (TPSA) is 236 Å². The fourth-order valence-corrected chi connectivity index (χ4v) is 6.55. The highest BCUT2D eigenvalue weighted by atomic mass is 32.2. The molecular weight excluding hydrogens is 885 g/mol. The van der Waals surface area contributed by atoms with Crippen LogP contribution < -0.4 is 21.6 Å². The Balaban J connectivity index is 0.000000301. The number of aryl methyl sites for hydroxylation is 4. The molecule has 0 aliphatic carbocycles. The number of pyridine rings is 2. The number of amides is 4. The molecule has 0 fully saturated rings. The SMILES string of the molecule is Cc1ccc(S(=O)(=O)O)cc1.Cc1ccc(S(=O)(=O)O)cc1.Cn1ccccc1=NC(=O)c1ccc(NC(=O)c2ccc(C(=O)Nc3ccc(C(=O)N=c4ccccn4C)cc3)cc2)cc1. The molecule has 16 nitrogen and oxygen atoms in total. The molecule has 0 saturated carbocycles. The summed E-state index contributed by atoms with van der Waals surface area (Å²) in [6.45, 7) is 3.68. The second kappa shape index (κ2) is 22.1. The monoisotopic (exact) mass is 928 g/mol. The maximum Gasteiger partial charge on any atom is 0.294 e. The summed E-state index contributed by atoms with van der Waals surface area (Å²) in [5, 5.41) is 5.56. The van der Waals surface area contributed by atoms with Gasteiger partial charge in [0.25, 0.3) is 43.9 Å². The Hall–Kier alpha value is -7.90. The van der Waals surface area contributed by atoms with E-state index >= 15 is 0 Å². The number of nitrogens with one attached hydrogen (secondary N) is 2. The van der Waals surface area contributed by atoms with Gasteiger partial charge in [-0.25, -0.2) is 0 Å². The summed E-state index contributed by atoms with van der Waals surface area (Å²) in [5.74, 6) is -1.52. The summed E-state index contributed by atoms with van der Waals surface area (Å²) in [6, 6.07) is 41.8. The van der Waals surface area contributed by atoms with Crippen molar-refractivity contribution in [2.75, 3.05) is 10.6 Å². The lowest BCUT2D eigenvalue weighted by Crippen LogP contribution is -2.18. The van der Waals surface area contributed by atoms with E-state index in [1.807, 2.05) is 26.0 Å². The molecule has 18 heteroatoms. The van der Waals surface area contributed by atoms with Gasteiger partial charge in [0.05, 0.1) is 9.79 Å². The molecule has 7 aromatic rings. The Kier molecular flexibility index (Phi) is 16.5. The maximum absolute atomic E-state index is 12.8. The Labute approximate surface area is 380 Å². The highest BCUT2D eigenvalue weighted by Crippen LogP contribution is 2.16. The summed E-state index contributed by atoms with van der Waals surface area (Å²) >= 11 is 0. The van der Waals surface area contributed by atoms with Crippen LogP contribution in [0.2, 0.25) is 0 Å². The fraction of sp³-hybridized carbons (Fsp3) is 0.0833. The van der Waals surface area contributed by atoms with Crippen molar-refractivity contribution >= 4 is 55.2 Å². The minimum absolute atomic E-state index is 0.0666. The number of anilines is 2. The van der Waals surface area contributed by atoms with Gasteiger partial charge < -0.3 is 19.8 Å². The third kappa shape index (κ3) is 14.6. The van der Waals surface area contributed by atoms with Gasteiger partial charge in [0.2, 0.25) is 0 Å². The smallest absolute Gasteiger partial charge is 0.294 e. The second-order valence-corrected chi connectivity index (χ2v) is 17.2. The van der Waals surface area contributed by atoms with Crippen molar-refractivity contribution in [3.8, 4) is 0 Å². The summed E-state index contributed by atoms with van der Waals surface area (Å²) in [5.41, 5.74) is 5.47. The number of aromatic nitrogens is 2. The van der Waals surface area contributed by atoms with Crippen LogP contribution in [0.3, 0.4) is 0 Å². The number of hydrogen-bond acceptors (Lipinski definition) is 8. The van der Waals surface area contributed by atoms with Gasteiger partial charge in [-0.05, 0) is 135 Å². The summed E-state index contributed by atoms with van der Waals surface area (Å²) in [6.07, 6.45) is 3.61. The van der Waals surface area contributed by atoms with Gasteiger partial charge in [0.15, 0.2) is 0 Å². The van der Waals surface area contributed by atoms with Crippen molar-refractivity contribution in [1.29, 1.82) is 0 Å². The van der Waals surface area contributed by atoms with Crippen LogP contribution in [-0.4, -0.2) is 58.7 Å². The molecule has 5 aromatic carbocycles. The lowest BCUT2D eigenvalue weighted by Gasteiger charge is -2.08. The molecule has 2 aromatic heterocycles. The van der Waals surface area contributed by atoms with Crippen LogP contribution >= 0.6 is 0 Å². The van der Waals surface area contributed by atoms with Crippen molar-refractivity contribution in [1.82, 2.24) is 9.13 Å². The van der Waals surface area contributed by atoms with Crippen molar-refractivity contribution in [3.63, 3.8) is 0 Å². The number of carbonyl (C=O) groups excluding carboxylic acids is 4. The molecule has 0 saturated heterocycles. The molecule has 0 radical (unpaired) electrons. The molecule has 0 unspecified atom stereocenters. The van der Waals surface area contributed by atoms with E-state index in [0.717, 1.165) is 11.1 Å². The molecule has 7 rings (SSSR count). The van der Waals surface area contributed by atoms with Crippen LogP contribution in [0.4, 0.5) is 11.4 Å². The second-order valence-electron chi connectivity index (χ2n) is 14.4. The van der Waals surface area contributed by atoms with Crippen LogP contribution in [0.15, 0.2) is 190 Å². The summed E-state index contributed by atoms with van der Waals surface area (Å²) in [4.78, 5) is 58.7. The summed E-state index contributed by atoms with van der Waals surface area (Å²) in [7, 11) is -4.43. The molecule has 0 spiro atoms. The standard InChI is InChI=1S/C34H28N6O4.2C7H8O3S/c1-39-21-5-3-7-29(39)37-33(43)25-13-17-27(18-14-25)35-31(41)23-9-11-24(12-10-23)32(42)36-28-19-15-26(16-20-28)34(44)38-30-8-4-6-22-40(30)2;2*1-6-2-4-7(5-3-6)11(8,9)10/h3-22H,1-2H3,(H,35,41)(H,36,42);2*2-5H,1H3,(H,8,9,10). The normalized spacial score (nSPS) is 11.5. The van der Waals surface area contributed by atoms with E-state index < -0.39 is 32.1 Å². The van der Waals surface area contributed by atoms with Gasteiger partial charge in [-0.1, -0.05) is 47.5 Å². The number of carbonyl (C=O) groups is 4. The highest BCUT2D eigenvalue weighted by Gasteiger charge is 2.13. The van der Waals surface area contributed by atoms with Crippen LogP contribution in [0.5, 0.6) is 0 Å². The third-order valence-electron chi connectivity index (χ3n) is 9.31. The first-order chi connectivity index (χ1) is 31.3. The molecule has 0 aliphatic rings. The highest BCUT2D eigenvalue weighted by molar-refractivity contribution is 7.86. The first kappa shape index (κ1) is 49.1. The van der Waals surface area contributed by atoms with Crippen molar-refractivity contribution < 1.29 is 45.1 Å². The summed E-state index contributed by atoms with van der Waals surface area (Å²) < 4.78 is 62.6. The van der Waals surface area contributed by atoms with E-state index in [4.69, 9.17) is 9.11 Å². The number of nitrogens with zero attached hydrogens (tertiary/aromatic N) is 4. The molecule has 2 heterocycles. The largest absolute Gasteiger partial charge is 0.336 e. The molecule has 0 bridgehead atoms. The van der Waals surface area contributed by atoms with Gasteiger partial charge in [-0.3, -0.25) is 28.3 Å². The van der Waals surface area contributed by atoms with E-state index in [1.54, 1.807) is 157 Å². The molecule has 338 valence electrons. The number of benzene rings is 5. The van der Waals surface area contributed by atoms with E-state index in [9.17, 15) is 36.0 Å². The van der Waals surface area contributed by atoms with Crippen LogP contribution in [-0.2, 0) is 34.3 Å².